The molecule has 3 heteroatoms. The summed E-state index contributed by atoms with van der Waals surface area (Å²) in [5.41, 5.74) is 1.36. The van der Waals surface area contributed by atoms with Crippen LogP contribution in [0.5, 0.6) is 0 Å². The molecule has 0 radical (unpaired) electrons. The molecule has 0 amide bonds. The van der Waals surface area contributed by atoms with Gasteiger partial charge in [0.05, 0.1) is 6.20 Å². The lowest BCUT2D eigenvalue weighted by atomic mass is 9.70. The molecular formula is C12H18N2O. The first-order chi connectivity index (χ1) is 6.96. The summed E-state index contributed by atoms with van der Waals surface area (Å²) in [7, 11) is 1.92. The third-order valence-electron chi connectivity index (χ3n) is 3.15. The molecule has 1 aromatic rings. The van der Waals surface area contributed by atoms with Gasteiger partial charge in [-0.1, -0.05) is 13.8 Å². The van der Waals surface area contributed by atoms with E-state index in [4.69, 9.17) is 0 Å². The summed E-state index contributed by atoms with van der Waals surface area (Å²) in [5, 5.41) is 4.17. The quantitative estimate of drug-likeness (QED) is 0.706. The minimum absolute atomic E-state index is 0.149. The van der Waals surface area contributed by atoms with E-state index in [1.165, 1.54) is 5.56 Å². The van der Waals surface area contributed by atoms with Crippen molar-refractivity contribution >= 4 is 5.78 Å². The van der Waals surface area contributed by atoms with Gasteiger partial charge in [0.2, 0.25) is 0 Å². The van der Waals surface area contributed by atoms with Gasteiger partial charge in [0, 0.05) is 26.1 Å². The van der Waals surface area contributed by atoms with Crippen molar-refractivity contribution in [1.29, 1.82) is 0 Å². The number of hydrogen-bond donors (Lipinski definition) is 0. The molecule has 0 saturated heterocycles. The van der Waals surface area contributed by atoms with Gasteiger partial charge in [-0.15, -0.1) is 0 Å². The van der Waals surface area contributed by atoms with Gasteiger partial charge in [-0.3, -0.25) is 9.48 Å². The average Bonchev–Trinajstić information content (AvgIpc) is 2.48. The highest BCUT2D eigenvalue weighted by atomic mass is 16.1. The van der Waals surface area contributed by atoms with Crippen molar-refractivity contribution in [2.24, 2.45) is 12.5 Å². The minimum Gasteiger partial charge on any atom is -0.300 e. The summed E-state index contributed by atoms with van der Waals surface area (Å²) >= 11 is 0. The lowest BCUT2D eigenvalue weighted by Crippen LogP contribution is -2.27. The van der Waals surface area contributed by atoms with E-state index in [9.17, 15) is 4.79 Å². The van der Waals surface area contributed by atoms with Crippen LogP contribution in [0.1, 0.15) is 44.6 Å². The minimum atomic E-state index is 0.149. The number of carbonyl (C=O) groups is 1. The Kier molecular flexibility index (Phi) is 2.41. The van der Waals surface area contributed by atoms with Crippen LogP contribution >= 0.6 is 0 Å². The molecule has 0 aromatic carbocycles. The van der Waals surface area contributed by atoms with Crippen LogP contribution in [0.2, 0.25) is 0 Å². The third kappa shape index (κ3) is 2.28. The molecule has 0 N–H and O–H groups in total. The predicted molar refractivity (Wildman–Crippen MR) is 58.6 cm³/mol. The number of carbonyl (C=O) groups excluding carboxylic acids is 1. The largest absolute Gasteiger partial charge is 0.300 e. The van der Waals surface area contributed by atoms with Crippen molar-refractivity contribution in [2.45, 2.75) is 39.0 Å². The Balaban J connectivity index is 2.19. The Morgan fingerprint density at radius 2 is 2.27 bits per heavy atom. The molecule has 2 rings (SSSR count). The summed E-state index contributed by atoms with van der Waals surface area (Å²) in [5.74, 6) is 0.759. The molecule has 82 valence electrons. The van der Waals surface area contributed by atoms with Crippen LogP contribution in [0.25, 0.3) is 0 Å². The van der Waals surface area contributed by atoms with Crippen LogP contribution < -0.4 is 0 Å². The molecule has 15 heavy (non-hydrogen) atoms. The smallest absolute Gasteiger partial charge is 0.134 e. The molecule has 1 unspecified atom stereocenters. The van der Waals surface area contributed by atoms with Gasteiger partial charge in [0.1, 0.15) is 5.78 Å². The Morgan fingerprint density at radius 3 is 2.80 bits per heavy atom. The Labute approximate surface area is 90.5 Å². The van der Waals surface area contributed by atoms with Crippen molar-refractivity contribution in [3.63, 3.8) is 0 Å². The molecule has 1 heterocycles. The number of rotatable bonds is 1. The molecule has 1 saturated carbocycles. The van der Waals surface area contributed by atoms with Crippen molar-refractivity contribution in [3.05, 3.63) is 18.0 Å². The van der Waals surface area contributed by atoms with Crippen molar-refractivity contribution < 1.29 is 4.79 Å². The van der Waals surface area contributed by atoms with E-state index >= 15 is 0 Å². The van der Waals surface area contributed by atoms with Gasteiger partial charge in [0.25, 0.3) is 0 Å². The van der Waals surface area contributed by atoms with Gasteiger partial charge < -0.3 is 0 Å². The number of Topliss-reactive ketones (excluding diaryl/α,β-unsaturated/α-hetero) is 1. The van der Waals surface area contributed by atoms with Crippen molar-refractivity contribution in [2.75, 3.05) is 0 Å². The van der Waals surface area contributed by atoms with Crippen molar-refractivity contribution in [1.82, 2.24) is 9.78 Å². The maximum atomic E-state index is 11.6. The van der Waals surface area contributed by atoms with E-state index in [1.807, 2.05) is 19.4 Å². The summed E-state index contributed by atoms with van der Waals surface area (Å²) in [6.45, 7) is 4.35. The number of hydrogen-bond acceptors (Lipinski definition) is 2. The fourth-order valence-electron chi connectivity index (χ4n) is 2.58. The van der Waals surface area contributed by atoms with Crippen LogP contribution in [-0.4, -0.2) is 15.6 Å². The summed E-state index contributed by atoms with van der Waals surface area (Å²) in [6, 6.07) is 0. The van der Waals surface area contributed by atoms with Crippen LogP contribution in [-0.2, 0) is 11.8 Å². The SMILES string of the molecule is Cn1cc(C2CC(=O)CC(C)(C)C2)cn1. The Morgan fingerprint density at radius 1 is 1.53 bits per heavy atom. The van der Waals surface area contributed by atoms with Gasteiger partial charge in [0.15, 0.2) is 0 Å². The summed E-state index contributed by atoms with van der Waals surface area (Å²) in [4.78, 5) is 11.6. The molecule has 0 aliphatic heterocycles. The maximum absolute atomic E-state index is 11.6. The highest BCUT2D eigenvalue weighted by Crippen LogP contribution is 2.41. The summed E-state index contributed by atoms with van der Waals surface area (Å²) < 4.78 is 1.81. The normalized spacial score (nSPS) is 25.5. The van der Waals surface area contributed by atoms with Crippen LogP contribution in [0.15, 0.2) is 12.4 Å². The molecule has 1 aromatic heterocycles. The van der Waals surface area contributed by atoms with Crippen LogP contribution in [0.3, 0.4) is 0 Å². The third-order valence-corrected chi connectivity index (χ3v) is 3.15. The molecule has 3 nitrogen and oxygen atoms in total. The van der Waals surface area contributed by atoms with Gasteiger partial charge in [-0.25, -0.2) is 0 Å². The second kappa shape index (κ2) is 3.47. The number of ketones is 1. The van der Waals surface area contributed by atoms with Crippen LogP contribution in [0.4, 0.5) is 0 Å². The van der Waals surface area contributed by atoms with E-state index in [2.05, 4.69) is 18.9 Å². The lowest BCUT2D eigenvalue weighted by molar-refractivity contribution is -0.123. The second-order valence-corrected chi connectivity index (χ2v) is 5.43. The number of aryl methyl sites for hydroxylation is 1. The van der Waals surface area contributed by atoms with Gasteiger partial charge in [-0.2, -0.15) is 5.10 Å². The molecule has 0 spiro atoms. The fraction of sp³-hybridized carbons (Fsp3) is 0.667. The standard InChI is InChI=1S/C12H18N2O/c1-12(2)5-9(4-11(15)6-12)10-7-13-14(3)8-10/h7-9H,4-6H2,1-3H3. The highest BCUT2D eigenvalue weighted by Gasteiger charge is 2.33. The fourth-order valence-corrected chi connectivity index (χ4v) is 2.58. The van der Waals surface area contributed by atoms with Gasteiger partial charge in [-0.05, 0) is 23.3 Å². The topological polar surface area (TPSA) is 34.9 Å². The molecular weight excluding hydrogens is 188 g/mol. The molecule has 1 aliphatic carbocycles. The predicted octanol–water partition coefficient (Wildman–Crippen LogP) is 2.28. The number of nitrogens with zero attached hydrogens (tertiary/aromatic N) is 2. The number of aromatic nitrogens is 2. The molecule has 1 aliphatic rings. The van der Waals surface area contributed by atoms with E-state index in [0.717, 1.165) is 12.8 Å². The highest BCUT2D eigenvalue weighted by molar-refractivity contribution is 5.80. The Bertz CT molecular complexity index is 379. The van der Waals surface area contributed by atoms with Gasteiger partial charge >= 0.3 is 0 Å². The molecule has 1 atom stereocenters. The van der Waals surface area contributed by atoms with Crippen LogP contribution in [0, 0.1) is 5.41 Å². The second-order valence-electron chi connectivity index (χ2n) is 5.43. The van der Waals surface area contributed by atoms with E-state index < -0.39 is 0 Å². The molecule has 1 fully saturated rings. The first kappa shape index (κ1) is 10.4. The lowest BCUT2D eigenvalue weighted by Gasteiger charge is -2.33. The zero-order chi connectivity index (χ0) is 11.1. The summed E-state index contributed by atoms with van der Waals surface area (Å²) in [6.07, 6.45) is 6.42. The zero-order valence-corrected chi connectivity index (χ0v) is 9.66. The first-order valence-corrected chi connectivity index (χ1v) is 5.46. The maximum Gasteiger partial charge on any atom is 0.134 e. The zero-order valence-electron chi connectivity index (χ0n) is 9.66. The monoisotopic (exact) mass is 206 g/mol. The van der Waals surface area contributed by atoms with E-state index in [1.54, 1.807) is 4.68 Å². The molecule has 0 bridgehead atoms. The average molecular weight is 206 g/mol. The van der Waals surface area contributed by atoms with Crippen molar-refractivity contribution in [3.8, 4) is 0 Å². The van der Waals surface area contributed by atoms with E-state index in [-0.39, 0.29) is 5.41 Å². The first-order valence-electron chi connectivity index (χ1n) is 5.46. The van der Waals surface area contributed by atoms with E-state index in [0.29, 0.717) is 18.1 Å². The Hall–Kier alpha value is -1.12.